The second-order valence-electron chi connectivity index (χ2n) is 7.67. The summed E-state index contributed by atoms with van der Waals surface area (Å²) in [6.07, 6.45) is 0.481. The summed E-state index contributed by atoms with van der Waals surface area (Å²) in [6.45, 7) is 12.5. The summed E-state index contributed by atoms with van der Waals surface area (Å²) in [6, 6.07) is 5.68. The van der Waals surface area contributed by atoms with Gasteiger partial charge < -0.3 is 10.1 Å². The molecule has 0 bridgehead atoms. The number of aryl methyl sites for hydroxylation is 2. The molecule has 0 aromatic heterocycles. The summed E-state index contributed by atoms with van der Waals surface area (Å²) < 4.78 is 5.74. The average molecular weight is 360 g/mol. The van der Waals surface area contributed by atoms with Gasteiger partial charge in [0, 0.05) is 44.6 Å². The van der Waals surface area contributed by atoms with Gasteiger partial charge in [-0.2, -0.15) is 0 Å². The van der Waals surface area contributed by atoms with Crippen molar-refractivity contribution >= 4 is 11.7 Å². The predicted octanol–water partition coefficient (Wildman–Crippen LogP) is 2.74. The molecule has 0 saturated carbocycles. The minimum Gasteiger partial charge on any atom is -0.374 e. The monoisotopic (exact) mass is 360 g/mol. The van der Waals surface area contributed by atoms with Gasteiger partial charge in [0.05, 0.1) is 12.7 Å². The van der Waals surface area contributed by atoms with E-state index in [1.54, 1.807) is 0 Å². The van der Waals surface area contributed by atoms with E-state index in [4.69, 9.17) is 4.74 Å². The molecule has 1 aliphatic rings. The number of ether oxygens (including phenoxy) is 1. The van der Waals surface area contributed by atoms with Crippen molar-refractivity contribution in [1.29, 1.82) is 0 Å². The third kappa shape index (κ3) is 6.54. The SMILES string of the molecule is Cc1ccc(C(=O)CCC(=O)NCC2CN(CC(C)C)CCO2)cc1C. The normalized spacial score (nSPS) is 18.1. The second kappa shape index (κ2) is 9.83. The molecule has 1 amide bonds. The first-order chi connectivity index (χ1) is 12.3. The van der Waals surface area contributed by atoms with E-state index >= 15 is 0 Å². The summed E-state index contributed by atoms with van der Waals surface area (Å²) >= 11 is 0. The van der Waals surface area contributed by atoms with Gasteiger partial charge in [0.1, 0.15) is 0 Å². The van der Waals surface area contributed by atoms with Crippen molar-refractivity contribution in [3.8, 4) is 0 Å². The lowest BCUT2D eigenvalue weighted by Gasteiger charge is -2.33. The number of morpholine rings is 1. The van der Waals surface area contributed by atoms with Crippen LogP contribution >= 0.6 is 0 Å². The molecule has 0 spiro atoms. The van der Waals surface area contributed by atoms with Gasteiger partial charge in [-0.1, -0.05) is 26.0 Å². The number of hydrogen-bond donors (Lipinski definition) is 1. The summed E-state index contributed by atoms with van der Waals surface area (Å²) in [4.78, 5) is 26.7. The second-order valence-corrected chi connectivity index (χ2v) is 7.67. The zero-order valence-corrected chi connectivity index (χ0v) is 16.5. The highest BCUT2D eigenvalue weighted by Crippen LogP contribution is 2.12. The highest BCUT2D eigenvalue weighted by atomic mass is 16.5. The first-order valence-corrected chi connectivity index (χ1v) is 9.56. The summed E-state index contributed by atoms with van der Waals surface area (Å²) in [5, 5.41) is 2.91. The molecule has 1 aliphatic heterocycles. The zero-order chi connectivity index (χ0) is 19.1. The maximum absolute atomic E-state index is 12.3. The minimum atomic E-state index is -0.0910. The zero-order valence-electron chi connectivity index (χ0n) is 16.5. The molecule has 5 nitrogen and oxygen atoms in total. The van der Waals surface area contributed by atoms with E-state index in [-0.39, 0.29) is 30.6 Å². The van der Waals surface area contributed by atoms with Crippen LogP contribution in [-0.2, 0) is 9.53 Å². The Kier molecular flexibility index (Phi) is 7.79. The molecule has 1 saturated heterocycles. The molecule has 1 N–H and O–H groups in total. The Morgan fingerprint density at radius 1 is 1.23 bits per heavy atom. The van der Waals surface area contributed by atoms with Crippen molar-refractivity contribution in [2.75, 3.05) is 32.8 Å². The highest BCUT2D eigenvalue weighted by molar-refractivity contribution is 5.98. The first kappa shape index (κ1) is 20.6. The summed E-state index contributed by atoms with van der Waals surface area (Å²) in [5.41, 5.74) is 2.94. The fraction of sp³-hybridized carbons (Fsp3) is 0.619. The molecule has 1 heterocycles. The molecule has 1 unspecified atom stereocenters. The van der Waals surface area contributed by atoms with Gasteiger partial charge in [-0.3, -0.25) is 14.5 Å². The molecular formula is C21H32N2O3. The smallest absolute Gasteiger partial charge is 0.220 e. The van der Waals surface area contributed by atoms with Crippen molar-refractivity contribution in [1.82, 2.24) is 10.2 Å². The van der Waals surface area contributed by atoms with Crippen molar-refractivity contribution in [2.24, 2.45) is 5.92 Å². The minimum absolute atomic E-state index is 0.0141. The van der Waals surface area contributed by atoms with Gasteiger partial charge in [-0.05, 0) is 37.0 Å². The van der Waals surface area contributed by atoms with Crippen LogP contribution in [0.3, 0.4) is 0 Å². The number of ketones is 1. The number of amides is 1. The lowest BCUT2D eigenvalue weighted by molar-refractivity contribution is -0.122. The molecule has 1 fully saturated rings. The Hall–Kier alpha value is -1.72. The van der Waals surface area contributed by atoms with Crippen LogP contribution in [0.15, 0.2) is 18.2 Å². The number of carbonyl (C=O) groups excluding carboxylic acids is 2. The Balaban J connectivity index is 1.71. The quantitative estimate of drug-likeness (QED) is 0.724. The number of rotatable bonds is 8. The van der Waals surface area contributed by atoms with Crippen LogP contribution in [-0.4, -0.2) is 55.5 Å². The Bertz CT molecular complexity index is 628. The van der Waals surface area contributed by atoms with E-state index in [1.807, 2.05) is 32.0 Å². The molecule has 0 radical (unpaired) electrons. The standard InChI is InChI=1S/C21H32N2O3/c1-15(2)13-23-9-10-26-19(14-23)12-22-21(25)8-7-20(24)18-6-5-16(3)17(4)11-18/h5-6,11,15,19H,7-10,12-14H2,1-4H3,(H,22,25). The Morgan fingerprint density at radius 2 is 2.00 bits per heavy atom. The van der Waals surface area contributed by atoms with Crippen LogP contribution in [0.2, 0.25) is 0 Å². The Morgan fingerprint density at radius 3 is 2.69 bits per heavy atom. The van der Waals surface area contributed by atoms with Crippen LogP contribution in [0.4, 0.5) is 0 Å². The van der Waals surface area contributed by atoms with Crippen molar-refractivity contribution in [3.63, 3.8) is 0 Å². The van der Waals surface area contributed by atoms with Crippen LogP contribution in [0.5, 0.6) is 0 Å². The van der Waals surface area contributed by atoms with E-state index < -0.39 is 0 Å². The molecule has 1 aromatic rings. The number of hydrogen-bond acceptors (Lipinski definition) is 4. The summed E-state index contributed by atoms with van der Waals surface area (Å²) in [7, 11) is 0. The average Bonchev–Trinajstić information content (AvgIpc) is 2.60. The lowest BCUT2D eigenvalue weighted by atomic mass is 10.0. The number of benzene rings is 1. The van der Waals surface area contributed by atoms with Crippen molar-refractivity contribution in [3.05, 3.63) is 34.9 Å². The number of nitrogens with zero attached hydrogens (tertiary/aromatic N) is 1. The molecule has 144 valence electrons. The van der Waals surface area contributed by atoms with Gasteiger partial charge in [0.2, 0.25) is 5.91 Å². The fourth-order valence-corrected chi connectivity index (χ4v) is 3.19. The number of Topliss-reactive ketones (excluding diaryl/α,β-unsaturated/α-hetero) is 1. The third-order valence-corrected chi connectivity index (χ3v) is 4.78. The topological polar surface area (TPSA) is 58.6 Å². The highest BCUT2D eigenvalue weighted by Gasteiger charge is 2.21. The third-order valence-electron chi connectivity index (χ3n) is 4.78. The number of nitrogens with one attached hydrogen (secondary N) is 1. The van der Waals surface area contributed by atoms with E-state index in [9.17, 15) is 9.59 Å². The first-order valence-electron chi connectivity index (χ1n) is 9.56. The van der Waals surface area contributed by atoms with E-state index in [1.165, 1.54) is 5.56 Å². The molecule has 5 heteroatoms. The molecule has 1 atom stereocenters. The van der Waals surface area contributed by atoms with Crippen LogP contribution < -0.4 is 5.32 Å². The van der Waals surface area contributed by atoms with Crippen LogP contribution in [0, 0.1) is 19.8 Å². The van der Waals surface area contributed by atoms with Gasteiger partial charge >= 0.3 is 0 Å². The van der Waals surface area contributed by atoms with E-state index in [2.05, 4.69) is 24.1 Å². The van der Waals surface area contributed by atoms with Crippen molar-refractivity contribution in [2.45, 2.75) is 46.6 Å². The van der Waals surface area contributed by atoms with Gasteiger partial charge in [0.15, 0.2) is 5.78 Å². The number of carbonyl (C=O) groups is 2. The van der Waals surface area contributed by atoms with E-state index in [0.717, 1.165) is 25.2 Å². The molecule has 2 rings (SSSR count). The largest absolute Gasteiger partial charge is 0.374 e. The lowest BCUT2D eigenvalue weighted by Crippen LogP contribution is -2.48. The van der Waals surface area contributed by atoms with Gasteiger partial charge in [0.25, 0.3) is 0 Å². The van der Waals surface area contributed by atoms with Crippen molar-refractivity contribution < 1.29 is 14.3 Å². The summed E-state index contributed by atoms with van der Waals surface area (Å²) in [5.74, 6) is 0.548. The van der Waals surface area contributed by atoms with Gasteiger partial charge in [-0.25, -0.2) is 0 Å². The predicted molar refractivity (Wildman–Crippen MR) is 104 cm³/mol. The van der Waals surface area contributed by atoms with Crippen LogP contribution in [0.1, 0.15) is 48.2 Å². The van der Waals surface area contributed by atoms with Crippen LogP contribution in [0.25, 0.3) is 0 Å². The van der Waals surface area contributed by atoms with E-state index in [0.29, 0.717) is 24.6 Å². The fourth-order valence-electron chi connectivity index (χ4n) is 3.19. The molecule has 1 aromatic carbocycles. The molecular weight excluding hydrogens is 328 g/mol. The Labute approximate surface area is 157 Å². The maximum atomic E-state index is 12.3. The molecule has 0 aliphatic carbocycles. The van der Waals surface area contributed by atoms with Gasteiger partial charge in [-0.15, -0.1) is 0 Å². The molecule has 26 heavy (non-hydrogen) atoms. The maximum Gasteiger partial charge on any atom is 0.220 e.